The highest BCUT2D eigenvalue weighted by Crippen LogP contribution is 2.24. The zero-order valence-corrected chi connectivity index (χ0v) is 19.0. The third-order valence-corrected chi connectivity index (χ3v) is 5.25. The molecule has 0 saturated heterocycles. The number of amides is 1. The minimum atomic E-state index is -0.466. The Hall–Kier alpha value is -2.89. The SMILES string of the molecule is CCn1c(C)c(C(=O)CN(CC(C)C)C(=O)c2ccc(C)cc2)c(C)c1C(=O)OC. The molecule has 1 amide bonds. The van der Waals surface area contributed by atoms with Gasteiger partial charge in [-0.05, 0) is 51.3 Å². The number of aryl methyl sites for hydroxylation is 1. The van der Waals surface area contributed by atoms with Gasteiger partial charge in [-0.25, -0.2) is 4.79 Å². The largest absolute Gasteiger partial charge is 0.464 e. The summed E-state index contributed by atoms with van der Waals surface area (Å²) in [5, 5.41) is 0. The predicted molar refractivity (Wildman–Crippen MR) is 117 cm³/mol. The van der Waals surface area contributed by atoms with Crippen molar-refractivity contribution in [3.05, 3.63) is 57.9 Å². The van der Waals surface area contributed by atoms with Crippen molar-refractivity contribution in [3.8, 4) is 0 Å². The van der Waals surface area contributed by atoms with Gasteiger partial charge >= 0.3 is 5.97 Å². The van der Waals surface area contributed by atoms with Gasteiger partial charge in [0.15, 0.2) is 5.78 Å². The average Bonchev–Trinajstić information content (AvgIpc) is 2.96. The van der Waals surface area contributed by atoms with E-state index >= 15 is 0 Å². The maximum atomic E-state index is 13.3. The smallest absolute Gasteiger partial charge is 0.354 e. The van der Waals surface area contributed by atoms with E-state index in [-0.39, 0.29) is 24.2 Å². The molecule has 0 atom stereocenters. The number of hydrogen-bond donors (Lipinski definition) is 0. The summed E-state index contributed by atoms with van der Waals surface area (Å²) >= 11 is 0. The highest BCUT2D eigenvalue weighted by Gasteiger charge is 2.28. The van der Waals surface area contributed by atoms with Crippen molar-refractivity contribution in [1.82, 2.24) is 9.47 Å². The number of hydrogen-bond acceptors (Lipinski definition) is 4. The van der Waals surface area contributed by atoms with Crippen LogP contribution in [0.5, 0.6) is 0 Å². The molecule has 0 N–H and O–H groups in total. The molecule has 0 radical (unpaired) electrons. The van der Waals surface area contributed by atoms with E-state index in [1.807, 2.05) is 46.8 Å². The van der Waals surface area contributed by atoms with Crippen LogP contribution in [0.2, 0.25) is 0 Å². The van der Waals surface area contributed by atoms with Gasteiger partial charge in [0.25, 0.3) is 5.91 Å². The van der Waals surface area contributed by atoms with E-state index in [2.05, 4.69) is 0 Å². The van der Waals surface area contributed by atoms with E-state index in [1.54, 1.807) is 28.5 Å². The second kappa shape index (κ2) is 9.74. The molecule has 0 fully saturated rings. The van der Waals surface area contributed by atoms with Crippen molar-refractivity contribution in [1.29, 1.82) is 0 Å². The van der Waals surface area contributed by atoms with Gasteiger partial charge in [-0.3, -0.25) is 9.59 Å². The summed E-state index contributed by atoms with van der Waals surface area (Å²) in [6, 6.07) is 7.35. The molecule has 6 nitrogen and oxygen atoms in total. The fourth-order valence-electron chi connectivity index (χ4n) is 3.85. The van der Waals surface area contributed by atoms with Crippen LogP contribution in [0.25, 0.3) is 0 Å². The molecule has 0 saturated carbocycles. The lowest BCUT2D eigenvalue weighted by molar-refractivity contribution is 0.0587. The Bertz CT molecular complexity index is 939. The van der Waals surface area contributed by atoms with Crippen molar-refractivity contribution < 1.29 is 19.1 Å². The van der Waals surface area contributed by atoms with E-state index in [4.69, 9.17) is 4.74 Å². The Morgan fingerprint density at radius 3 is 2.17 bits per heavy atom. The number of benzene rings is 1. The van der Waals surface area contributed by atoms with Crippen LogP contribution in [0, 0.1) is 26.7 Å². The maximum absolute atomic E-state index is 13.3. The topological polar surface area (TPSA) is 68.6 Å². The zero-order chi connectivity index (χ0) is 22.6. The summed E-state index contributed by atoms with van der Waals surface area (Å²) in [4.78, 5) is 40.3. The molecule has 0 aliphatic carbocycles. The summed E-state index contributed by atoms with van der Waals surface area (Å²) in [6.45, 7) is 12.5. The number of methoxy groups -OCH3 is 1. The highest BCUT2D eigenvalue weighted by molar-refractivity contribution is 6.06. The van der Waals surface area contributed by atoms with E-state index in [9.17, 15) is 14.4 Å². The van der Waals surface area contributed by atoms with Crippen LogP contribution in [-0.2, 0) is 11.3 Å². The Morgan fingerprint density at radius 1 is 1.07 bits per heavy atom. The number of rotatable bonds is 8. The predicted octanol–water partition coefficient (Wildman–Crippen LogP) is 4.20. The Morgan fingerprint density at radius 2 is 1.67 bits per heavy atom. The molecule has 1 heterocycles. The van der Waals surface area contributed by atoms with E-state index in [0.29, 0.717) is 41.2 Å². The van der Waals surface area contributed by atoms with Crippen LogP contribution >= 0.6 is 0 Å². The molecule has 1 aromatic carbocycles. The Kier molecular flexibility index (Phi) is 7.59. The lowest BCUT2D eigenvalue weighted by Gasteiger charge is -2.24. The summed E-state index contributed by atoms with van der Waals surface area (Å²) in [5.41, 5.74) is 3.82. The first kappa shape index (κ1) is 23.4. The van der Waals surface area contributed by atoms with Crippen LogP contribution in [0.1, 0.15) is 68.8 Å². The van der Waals surface area contributed by atoms with Gasteiger partial charge in [0, 0.05) is 29.9 Å². The highest BCUT2D eigenvalue weighted by atomic mass is 16.5. The van der Waals surface area contributed by atoms with Gasteiger partial charge in [0.2, 0.25) is 0 Å². The number of Topliss-reactive ketones (excluding diaryl/α,β-unsaturated/α-hetero) is 1. The van der Waals surface area contributed by atoms with Crippen LogP contribution < -0.4 is 0 Å². The van der Waals surface area contributed by atoms with E-state index in [0.717, 1.165) is 5.56 Å². The third-order valence-electron chi connectivity index (χ3n) is 5.25. The maximum Gasteiger partial charge on any atom is 0.354 e. The number of nitrogens with zero attached hydrogens (tertiary/aromatic N) is 2. The molecule has 1 aromatic heterocycles. The molecular formula is C24H32N2O4. The van der Waals surface area contributed by atoms with Gasteiger partial charge in [0.1, 0.15) is 5.69 Å². The lowest BCUT2D eigenvalue weighted by Crippen LogP contribution is -2.38. The van der Waals surface area contributed by atoms with Crippen molar-refractivity contribution in [2.24, 2.45) is 5.92 Å². The molecule has 162 valence electrons. The molecule has 30 heavy (non-hydrogen) atoms. The molecule has 2 aromatic rings. The first-order valence-corrected chi connectivity index (χ1v) is 10.3. The first-order chi connectivity index (χ1) is 14.1. The van der Waals surface area contributed by atoms with E-state index in [1.165, 1.54) is 7.11 Å². The summed E-state index contributed by atoms with van der Waals surface area (Å²) in [7, 11) is 1.33. The molecule has 0 unspecified atom stereocenters. The number of ketones is 1. The second-order valence-electron chi connectivity index (χ2n) is 8.04. The van der Waals surface area contributed by atoms with E-state index < -0.39 is 5.97 Å². The third kappa shape index (κ3) is 4.81. The minimum absolute atomic E-state index is 0.0408. The molecule has 0 aliphatic heterocycles. The van der Waals surface area contributed by atoms with Crippen LogP contribution in [-0.4, -0.2) is 47.3 Å². The lowest BCUT2D eigenvalue weighted by atomic mass is 10.0. The summed E-state index contributed by atoms with van der Waals surface area (Å²) < 4.78 is 6.71. The summed E-state index contributed by atoms with van der Waals surface area (Å²) in [6.07, 6.45) is 0. The van der Waals surface area contributed by atoms with Crippen LogP contribution in [0.15, 0.2) is 24.3 Å². The van der Waals surface area contributed by atoms with Gasteiger partial charge < -0.3 is 14.2 Å². The fourth-order valence-corrected chi connectivity index (χ4v) is 3.85. The molecular weight excluding hydrogens is 380 g/mol. The number of ether oxygens (including phenoxy) is 1. The van der Waals surface area contributed by atoms with Crippen molar-refractivity contribution in [2.75, 3.05) is 20.2 Å². The molecule has 0 aliphatic rings. The molecule has 2 rings (SSSR count). The van der Waals surface area contributed by atoms with Gasteiger partial charge in [-0.1, -0.05) is 31.5 Å². The second-order valence-corrected chi connectivity index (χ2v) is 8.04. The van der Waals surface area contributed by atoms with Crippen molar-refractivity contribution >= 4 is 17.7 Å². The monoisotopic (exact) mass is 412 g/mol. The normalized spacial score (nSPS) is 10.9. The van der Waals surface area contributed by atoms with Crippen LogP contribution in [0.3, 0.4) is 0 Å². The number of esters is 1. The minimum Gasteiger partial charge on any atom is -0.464 e. The zero-order valence-electron chi connectivity index (χ0n) is 19.0. The van der Waals surface area contributed by atoms with Gasteiger partial charge in [0.05, 0.1) is 13.7 Å². The van der Waals surface area contributed by atoms with Gasteiger partial charge in [-0.15, -0.1) is 0 Å². The molecule has 0 spiro atoms. The molecule has 0 bridgehead atoms. The fraction of sp³-hybridized carbons (Fsp3) is 0.458. The number of carbonyl (C=O) groups is 3. The summed E-state index contributed by atoms with van der Waals surface area (Å²) in [5.74, 6) is -0.606. The first-order valence-electron chi connectivity index (χ1n) is 10.3. The van der Waals surface area contributed by atoms with Crippen molar-refractivity contribution in [2.45, 2.75) is 48.1 Å². The van der Waals surface area contributed by atoms with Gasteiger partial charge in [-0.2, -0.15) is 0 Å². The Balaban J connectivity index is 2.41. The number of carbonyl (C=O) groups excluding carboxylic acids is 3. The number of aromatic nitrogens is 1. The van der Waals surface area contributed by atoms with Crippen molar-refractivity contribution in [3.63, 3.8) is 0 Å². The standard InChI is InChI=1S/C24H32N2O4/c1-8-26-18(6)21(17(5)22(26)24(29)30-7)20(27)14-25(13-15(2)3)23(28)19-11-9-16(4)10-12-19/h9-12,15H,8,13-14H2,1-7H3. The molecule has 6 heteroatoms. The van der Waals surface area contributed by atoms with Crippen LogP contribution in [0.4, 0.5) is 0 Å². The average molecular weight is 413 g/mol. The Labute approximate surface area is 178 Å². The quantitative estimate of drug-likeness (QED) is 0.481.